The molecule has 5 aromatic rings. The molecule has 2 aliphatic rings. The van der Waals surface area contributed by atoms with Gasteiger partial charge in [-0.15, -0.1) is 0 Å². The summed E-state index contributed by atoms with van der Waals surface area (Å²) in [6.07, 6.45) is 1.41. The average Bonchev–Trinajstić information content (AvgIpc) is 3.94. The monoisotopic (exact) mass is 564 g/mol. The van der Waals surface area contributed by atoms with Gasteiger partial charge in [0, 0.05) is 0 Å². The molecule has 42 heavy (non-hydrogen) atoms. The van der Waals surface area contributed by atoms with Crippen molar-refractivity contribution in [3.05, 3.63) is 96.3 Å². The van der Waals surface area contributed by atoms with Gasteiger partial charge in [0.2, 0.25) is 11.8 Å². The molecule has 0 bridgehead atoms. The highest BCUT2D eigenvalue weighted by atomic mass is 16.6. The minimum Gasteiger partial charge on any atom is -0.459 e. The molecule has 3 heterocycles. The fourth-order valence-corrected chi connectivity index (χ4v) is 4.34. The lowest BCUT2D eigenvalue weighted by Crippen LogP contribution is -2.09. The number of fused-ring (bicyclic) bond motifs is 2. The van der Waals surface area contributed by atoms with Gasteiger partial charge in [0.1, 0.15) is 43.2 Å². The van der Waals surface area contributed by atoms with E-state index in [9.17, 15) is 9.59 Å². The lowest BCUT2D eigenvalue weighted by atomic mass is 10.1. The number of carbonyl (C=O) groups excluding carboxylic acids is 2. The molecule has 10 heteroatoms. The molecule has 0 amide bonds. The minimum absolute atomic E-state index is 0.0226. The van der Waals surface area contributed by atoms with E-state index < -0.39 is 0 Å². The third-order valence-corrected chi connectivity index (χ3v) is 6.76. The van der Waals surface area contributed by atoms with E-state index in [4.69, 9.17) is 28.4 Å². The van der Waals surface area contributed by atoms with Gasteiger partial charge in [0.25, 0.3) is 0 Å². The van der Waals surface area contributed by atoms with Crippen molar-refractivity contribution in [3.63, 3.8) is 0 Å². The van der Waals surface area contributed by atoms with Crippen molar-refractivity contribution in [1.82, 2.24) is 9.97 Å². The molecule has 4 aromatic carbocycles. The Morgan fingerprint density at radius 2 is 1.05 bits per heavy atom. The van der Waals surface area contributed by atoms with Gasteiger partial charge in [-0.1, -0.05) is 24.3 Å². The maximum atomic E-state index is 12.3. The van der Waals surface area contributed by atoms with Gasteiger partial charge in [0.15, 0.2) is 0 Å². The average molecular weight is 565 g/mol. The van der Waals surface area contributed by atoms with Crippen molar-refractivity contribution >= 4 is 33.5 Å². The molecule has 210 valence electrons. The Morgan fingerprint density at radius 3 is 1.50 bits per heavy atom. The van der Waals surface area contributed by atoms with E-state index >= 15 is 0 Å². The van der Waals surface area contributed by atoms with E-state index in [2.05, 4.69) is 9.97 Å². The second-order valence-corrected chi connectivity index (χ2v) is 9.95. The molecule has 0 radical (unpaired) electrons. The van der Waals surface area contributed by atoms with Gasteiger partial charge in [0.05, 0.1) is 30.4 Å². The Bertz CT molecular complexity index is 1690. The van der Waals surface area contributed by atoms with Crippen molar-refractivity contribution in [3.8, 4) is 23.3 Å². The smallest absolute Gasteiger partial charge is 0.338 e. The summed E-state index contributed by atoms with van der Waals surface area (Å²) >= 11 is 0. The number of hydrogen-bond donors (Lipinski definition) is 0. The molecule has 7 rings (SSSR count). The van der Waals surface area contributed by atoms with E-state index in [-0.39, 0.29) is 37.4 Å². The topological polar surface area (TPSA) is 122 Å². The first-order valence-corrected chi connectivity index (χ1v) is 13.4. The highest BCUT2D eigenvalue weighted by Crippen LogP contribution is 2.30. The third-order valence-electron chi connectivity index (χ3n) is 6.76. The zero-order valence-electron chi connectivity index (χ0n) is 22.2. The molecule has 2 aliphatic heterocycles. The van der Waals surface area contributed by atoms with Crippen molar-refractivity contribution in [2.75, 3.05) is 26.4 Å². The number of benzene rings is 4. The first-order valence-electron chi connectivity index (χ1n) is 13.4. The van der Waals surface area contributed by atoms with Crippen molar-refractivity contribution in [1.29, 1.82) is 0 Å². The molecule has 1 aromatic heterocycles. The van der Waals surface area contributed by atoms with Crippen molar-refractivity contribution in [2.45, 2.75) is 12.2 Å². The summed E-state index contributed by atoms with van der Waals surface area (Å²) in [7, 11) is 0. The van der Waals surface area contributed by atoms with Crippen LogP contribution >= 0.6 is 0 Å². The molecule has 0 saturated carbocycles. The zero-order valence-corrected chi connectivity index (χ0v) is 22.2. The van der Waals surface area contributed by atoms with Crippen LogP contribution in [-0.4, -0.2) is 60.5 Å². The highest BCUT2D eigenvalue weighted by molar-refractivity contribution is 5.96. The van der Waals surface area contributed by atoms with Gasteiger partial charge < -0.3 is 28.4 Å². The highest BCUT2D eigenvalue weighted by Gasteiger charge is 2.25. The predicted molar refractivity (Wildman–Crippen MR) is 150 cm³/mol. The van der Waals surface area contributed by atoms with E-state index in [0.29, 0.717) is 47.6 Å². The number of esters is 2. The fraction of sp³-hybridized carbons (Fsp3) is 0.188. The number of ether oxygens (including phenoxy) is 6. The van der Waals surface area contributed by atoms with E-state index in [1.54, 1.807) is 42.5 Å². The molecule has 0 aliphatic carbocycles. The van der Waals surface area contributed by atoms with Crippen LogP contribution in [0.5, 0.6) is 23.3 Å². The third kappa shape index (κ3) is 6.14. The molecule has 2 atom stereocenters. The van der Waals surface area contributed by atoms with Crippen LogP contribution in [0.15, 0.2) is 85.2 Å². The summed E-state index contributed by atoms with van der Waals surface area (Å²) in [6.45, 7) is 1.81. The number of carbonyl (C=O) groups is 2. The van der Waals surface area contributed by atoms with Gasteiger partial charge in [-0.3, -0.25) is 0 Å². The Hall–Kier alpha value is -5.06. The van der Waals surface area contributed by atoms with Crippen molar-refractivity contribution in [2.24, 2.45) is 0 Å². The molecule has 2 saturated heterocycles. The molecule has 0 spiro atoms. The quantitative estimate of drug-likeness (QED) is 0.159. The largest absolute Gasteiger partial charge is 0.459 e. The lowest BCUT2D eigenvalue weighted by molar-refractivity contribution is 0.0469. The van der Waals surface area contributed by atoms with Crippen LogP contribution in [0.1, 0.15) is 20.7 Å². The molecule has 2 unspecified atom stereocenters. The minimum atomic E-state index is -0.378. The summed E-state index contributed by atoms with van der Waals surface area (Å²) in [5.74, 6) is 0.996. The van der Waals surface area contributed by atoms with E-state index in [1.165, 1.54) is 6.33 Å². The Labute approximate surface area is 239 Å². The van der Waals surface area contributed by atoms with Crippen LogP contribution in [0.25, 0.3) is 21.5 Å². The van der Waals surface area contributed by atoms with Gasteiger partial charge >= 0.3 is 11.9 Å². The Kier molecular flexibility index (Phi) is 6.82. The van der Waals surface area contributed by atoms with Crippen molar-refractivity contribution < 1.29 is 38.0 Å². The van der Waals surface area contributed by atoms with E-state index in [0.717, 1.165) is 21.5 Å². The second kappa shape index (κ2) is 11.1. The summed E-state index contributed by atoms with van der Waals surface area (Å²) in [6, 6.07) is 23.3. The SMILES string of the molecule is O=C(OCC1CO1)c1ccc2cc(Oc3cc(Oc4ccc5cc(C(=O)OCC6CO6)ccc5c4)ncn3)ccc2c1. The van der Waals surface area contributed by atoms with Crippen LogP contribution in [0.3, 0.4) is 0 Å². The normalized spacial score (nSPS) is 17.0. The molecule has 10 nitrogen and oxygen atoms in total. The molecule has 0 N–H and O–H groups in total. The van der Waals surface area contributed by atoms with E-state index in [1.807, 2.05) is 36.4 Å². The molecular formula is C32H24N2O8. The predicted octanol–water partition coefficient (Wildman–Crippen LogP) is 5.48. The number of hydrogen-bond acceptors (Lipinski definition) is 10. The Morgan fingerprint density at radius 1 is 0.619 bits per heavy atom. The van der Waals surface area contributed by atoms with Crippen LogP contribution in [0, 0.1) is 0 Å². The summed E-state index contributed by atoms with van der Waals surface area (Å²) in [5.41, 5.74) is 0.955. The number of rotatable bonds is 10. The van der Waals surface area contributed by atoms with Crippen LogP contribution in [-0.2, 0) is 18.9 Å². The summed E-state index contributed by atoms with van der Waals surface area (Å²) in [4.78, 5) is 33.0. The number of aromatic nitrogens is 2. The van der Waals surface area contributed by atoms with Gasteiger partial charge in [-0.25, -0.2) is 19.6 Å². The Balaban J connectivity index is 1.01. The van der Waals surface area contributed by atoms with Crippen LogP contribution < -0.4 is 9.47 Å². The standard InChI is InChI=1S/C32H24N2O8/c35-31(39-16-27-14-37-27)23-3-1-21-11-25(7-5-19(21)9-23)41-29-13-30(34-18-33-29)42-26-8-6-20-10-24(4-2-22(20)12-26)32(36)40-17-28-15-38-28/h1-13,18,27-28H,14-17H2. The molecular weight excluding hydrogens is 540 g/mol. The zero-order chi connectivity index (χ0) is 28.5. The maximum absolute atomic E-state index is 12.3. The van der Waals surface area contributed by atoms with Gasteiger partial charge in [-0.05, 0) is 70.1 Å². The van der Waals surface area contributed by atoms with Crippen LogP contribution in [0.2, 0.25) is 0 Å². The summed E-state index contributed by atoms with van der Waals surface area (Å²) in [5, 5.41) is 3.54. The molecule has 2 fully saturated rings. The summed E-state index contributed by atoms with van der Waals surface area (Å²) < 4.78 is 32.6. The maximum Gasteiger partial charge on any atom is 0.338 e. The number of nitrogens with zero attached hydrogens (tertiary/aromatic N) is 2. The van der Waals surface area contributed by atoms with Crippen LogP contribution in [0.4, 0.5) is 0 Å². The van der Waals surface area contributed by atoms with Gasteiger partial charge in [-0.2, -0.15) is 0 Å². The first kappa shape index (κ1) is 25.9. The first-order chi connectivity index (χ1) is 20.6. The number of epoxide rings is 2. The fourth-order valence-electron chi connectivity index (χ4n) is 4.34. The lowest BCUT2D eigenvalue weighted by Gasteiger charge is -2.10. The second-order valence-electron chi connectivity index (χ2n) is 9.95.